The van der Waals surface area contributed by atoms with E-state index in [4.69, 9.17) is 9.47 Å². The van der Waals surface area contributed by atoms with Gasteiger partial charge in [-0.15, -0.1) is 11.3 Å². The van der Waals surface area contributed by atoms with Gasteiger partial charge in [0.25, 0.3) is 5.91 Å². The van der Waals surface area contributed by atoms with Crippen molar-refractivity contribution in [3.8, 4) is 11.5 Å². The summed E-state index contributed by atoms with van der Waals surface area (Å²) >= 11 is 1.43. The molecule has 1 aliphatic rings. The summed E-state index contributed by atoms with van der Waals surface area (Å²) in [6.07, 6.45) is 0. The topological polar surface area (TPSA) is 64.6 Å². The molecule has 1 aliphatic heterocycles. The fourth-order valence-corrected chi connectivity index (χ4v) is 4.51. The number of aryl methyl sites for hydroxylation is 3. The van der Waals surface area contributed by atoms with Crippen LogP contribution < -0.4 is 9.47 Å². The van der Waals surface area contributed by atoms with Crippen LogP contribution in [0.3, 0.4) is 0 Å². The minimum absolute atomic E-state index is 0.0137. The van der Waals surface area contributed by atoms with Crippen LogP contribution in [0.1, 0.15) is 32.3 Å². The smallest absolute Gasteiger partial charge is 0.264 e. The molecule has 7 heteroatoms. The Hall–Kier alpha value is -2.67. The van der Waals surface area contributed by atoms with Gasteiger partial charge in [-0.3, -0.25) is 4.79 Å². The zero-order valence-electron chi connectivity index (χ0n) is 15.1. The van der Waals surface area contributed by atoms with Crippen molar-refractivity contribution in [3.05, 3.63) is 45.7 Å². The standard InChI is InChI=1S/C19H19N3O3S/c1-10-16-11(2)20-12(3)21-18(16)26-17(10)19(23)22(4)8-13-5-6-14-15(7-13)25-9-24-14/h5-7H,8-9H2,1-4H3. The van der Waals surface area contributed by atoms with Crippen LogP contribution in [0.25, 0.3) is 10.2 Å². The van der Waals surface area contributed by atoms with E-state index in [2.05, 4.69) is 9.97 Å². The molecule has 0 radical (unpaired) electrons. The van der Waals surface area contributed by atoms with E-state index in [0.29, 0.717) is 11.4 Å². The van der Waals surface area contributed by atoms with E-state index in [9.17, 15) is 4.79 Å². The fourth-order valence-electron chi connectivity index (χ4n) is 3.24. The van der Waals surface area contributed by atoms with Gasteiger partial charge in [0.05, 0.1) is 4.88 Å². The van der Waals surface area contributed by atoms with Gasteiger partial charge in [0, 0.05) is 24.7 Å². The highest BCUT2D eigenvalue weighted by Crippen LogP contribution is 2.34. The molecule has 0 spiro atoms. The number of benzene rings is 1. The molecule has 0 bridgehead atoms. The SMILES string of the molecule is Cc1nc(C)c2c(C)c(C(=O)N(C)Cc3ccc4c(c3)OCO4)sc2n1. The first-order valence-corrected chi connectivity index (χ1v) is 9.14. The first kappa shape index (κ1) is 16.8. The number of nitrogens with zero attached hydrogens (tertiary/aromatic N) is 3. The molecular weight excluding hydrogens is 350 g/mol. The number of fused-ring (bicyclic) bond motifs is 2. The Morgan fingerprint density at radius 3 is 2.77 bits per heavy atom. The quantitative estimate of drug-likeness (QED) is 0.706. The molecule has 0 fully saturated rings. The molecule has 0 atom stereocenters. The van der Waals surface area contributed by atoms with Gasteiger partial charge >= 0.3 is 0 Å². The Morgan fingerprint density at radius 1 is 1.19 bits per heavy atom. The van der Waals surface area contributed by atoms with Gasteiger partial charge < -0.3 is 14.4 Å². The predicted molar refractivity (Wildman–Crippen MR) is 100.0 cm³/mol. The van der Waals surface area contributed by atoms with E-state index < -0.39 is 0 Å². The average molecular weight is 369 g/mol. The van der Waals surface area contributed by atoms with Crippen LogP contribution in [-0.4, -0.2) is 34.6 Å². The lowest BCUT2D eigenvalue weighted by Crippen LogP contribution is -2.25. The minimum atomic E-state index is -0.0137. The van der Waals surface area contributed by atoms with Crippen molar-refractivity contribution in [3.63, 3.8) is 0 Å². The normalized spacial score (nSPS) is 12.6. The zero-order valence-corrected chi connectivity index (χ0v) is 15.9. The second kappa shape index (κ2) is 6.25. The van der Waals surface area contributed by atoms with Crippen LogP contribution >= 0.6 is 11.3 Å². The van der Waals surface area contributed by atoms with Gasteiger partial charge in [0.15, 0.2) is 11.5 Å². The third-order valence-electron chi connectivity index (χ3n) is 4.48. The molecular formula is C19H19N3O3S. The summed E-state index contributed by atoms with van der Waals surface area (Å²) in [5.74, 6) is 2.18. The highest BCUT2D eigenvalue weighted by molar-refractivity contribution is 7.20. The maximum Gasteiger partial charge on any atom is 0.264 e. The lowest BCUT2D eigenvalue weighted by atomic mass is 10.1. The first-order valence-electron chi connectivity index (χ1n) is 8.32. The van der Waals surface area contributed by atoms with E-state index in [1.165, 1.54) is 11.3 Å². The van der Waals surface area contributed by atoms with Crippen molar-refractivity contribution < 1.29 is 14.3 Å². The molecule has 4 rings (SSSR count). The number of hydrogen-bond acceptors (Lipinski definition) is 6. The van der Waals surface area contributed by atoms with Gasteiger partial charge in [0.1, 0.15) is 10.7 Å². The Labute approximate surface area is 155 Å². The number of carbonyl (C=O) groups excluding carboxylic acids is 1. The number of thiophene rings is 1. The maximum atomic E-state index is 13.0. The Morgan fingerprint density at radius 2 is 1.96 bits per heavy atom. The van der Waals surface area contributed by atoms with Gasteiger partial charge in [-0.1, -0.05) is 6.07 Å². The first-order chi connectivity index (χ1) is 12.4. The summed E-state index contributed by atoms with van der Waals surface area (Å²) in [5, 5.41) is 0.987. The molecule has 26 heavy (non-hydrogen) atoms. The molecule has 1 amide bonds. The lowest BCUT2D eigenvalue weighted by Gasteiger charge is -2.17. The van der Waals surface area contributed by atoms with Crippen LogP contribution in [-0.2, 0) is 6.54 Å². The van der Waals surface area contributed by atoms with E-state index >= 15 is 0 Å². The van der Waals surface area contributed by atoms with E-state index in [1.807, 2.05) is 39.0 Å². The molecule has 0 aliphatic carbocycles. The molecule has 2 aromatic heterocycles. The summed E-state index contributed by atoms with van der Waals surface area (Å²) in [6.45, 7) is 6.53. The molecule has 3 heterocycles. The summed E-state index contributed by atoms with van der Waals surface area (Å²) in [7, 11) is 1.81. The molecule has 6 nitrogen and oxygen atoms in total. The summed E-state index contributed by atoms with van der Waals surface area (Å²) in [5.41, 5.74) is 2.86. The second-order valence-corrected chi connectivity index (χ2v) is 7.44. The number of amides is 1. The molecule has 0 N–H and O–H groups in total. The highest BCUT2D eigenvalue weighted by Gasteiger charge is 2.22. The van der Waals surface area contributed by atoms with Crippen LogP contribution in [0.15, 0.2) is 18.2 Å². The molecule has 0 saturated heterocycles. The Bertz CT molecular complexity index is 1030. The third kappa shape index (κ3) is 2.78. The Kier molecular flexibility index (Phi) is 4.03. The van der Waals surface area contributed by atoms with Crippen molar-refractivity contribution in [2.75, 3.05) is 13.8 Å². The number of hydrogen-bond donors (Lipinski definition) is 0. The van der Waals surface area contributed by atoms with Gasteiger partial charge in [-0.05, 0) is 44.0 Å². The molecule has 1 aromatic carbocycles. The van der Waals surface area contributed by atoms with Crippen molar-refractivity contribution in [2.24, 2.45) is 0 Å². The summed E-state index contributed by atoms with van der Waals surface area (Å²) in [4.78, 5) is 25.2. The van der Waals surface area contributed by atoms with Gasteiger partial charge in [-0.2, -0.15) is 0 Å². The van der Waals surface area contributed by atoms with E-state index in [1.54, 1.807) is 11.9 Å². The van der Waals surface area contributed by atoms with E-state index in [0.717, 1.165) is 44.4 Å². The highest BCUT2D eigenvalue weighted by atomic mass is 32.1. The summed E-state index contributed by atoms with van der Waals surface area (Å²) in [6, 6.07) is 5.75. The Balaban J connectivity index is 1.62. The molecule has 3 aromatic rings. The lowest BCUT2D eigenvalue weighted by molar-refractivity contribution is 0.0789. The number of ether oxygens (including phenoxy) is 2. The zero-order chi connectivity index (χ0) is 18.4. The van der Waals surface area contributed by atoms with Gasteiger partial charge in [-0.25, -0.2) is 9.97 Å². The third-order valence-corrected chi connectivity index (χ3v) is 5.65. The second-order valence-electron chi connectivity index (χ2n) is 6.44. The largest absolute Gasteiger partial charge is 0.454 e. The fraction of sp³-hybridized carbons (Fsp3) is 0.316. The maximum absolute atomic E-state index is 13.0. The molecule has 0 unspecified atom stereocenters. The average Bonchev–Trinajstić information content (AvgIpc) is 3.18. The van der Waals surface area contributed by atoms with Crippen molar-refractivity contribution >= 4 is 27.5 Å². The van der Waals surface area contributed by atoms with E-state index in [-0.39, 0.29) is 12.7 Å². The van der Waals surface area contributed by atoms with Crippen molar-refractivity contribution in [2.45, 2.75) is 27.3 Å². The van der Waals surface area contributed by atoms with Crippen molar-refractivity contribution in [1.82, 2.24) is 14.9 Å². The van der Waals surface area contributed by atoms with Crippen LogP contribution in [0.5, 0.6) is 11.5 Å². The van der Waals surface area contributed by atoms with Crippen LogP contribution in [0.2, 0.25) is 0 Å². The molecule has 0 saturated carbocycles. The van der Waals surface area contributed by atoms with Gasteiger partial charge in [0.2, 0.25) is 6.79 Å². The summed E-state index contributed by atoms with van der Waals surface area (Å²) < 4.78 is 10.7. The number of aromatic nitrogens is 2. The minimum Gasteiger partial charge on any atom is -0.454 e. The molecule has 134 valence electrons. The van der Waals surface area contributed by atoms with Crippen LogP contribution in [0.4, 0.5) is 0 Å². The monoisotopic (exact) mass is 369 g/mol. The number of rotatable bonds is 3. The van der Waals surface area contributed by atoms with Crippen molar-refractivity contribution in [1.29, 1.82) is 0 Å². The van der Waals surface area contributed by atoms with Crippen LogP contribution in [0, 0.1) is 20.8 Å². The predicted octanol–water partition coefficient (Wildman–Crippen LogP) is 3.62. The number of carbonyl (C=O) groups is 1.